The second kappa shape index (κ2) is 8.89. The Labute approximate surface area is 131 Å². The van der Waals surface area contributed by atoms with Crippen LogP contribution in [-0.2, 0) is 6.54 Å². The molecule has 116 valence electrons. The van der Waals surface area contributed by atoms with E-state index in [4.69, 9.17) is 17.4 Å². The number of nitrogens with one attached hydrogen (secondary N) is 1. The van der Waals surface area contributed by atoms with Gasteiger partial charge in [0.15, 0.2) is 0 Å². The van der Waals surface area contributed by atoms with Crippen molar-refractivity contribution in [3.05, 3.63) is 16.9 Å². The quantitative estimate of drug-likeness (QED) is 0.539. The van der Waals surface area contributed by atoms with E-state index in [1.54, 1.807) is 6.20 Å². The third kappa shape index (κ3) is 5.26. The van der Waals surface area contributed by atoms with Gasteiger partial charge in [0.25, 0.3) is 0 Å². The fourth-order valence-corrected chi connectivity index (χ4v) is 3.06. The van der Waals surface area contributed by atoms with Crippen LogP contribution in [0.2, 0.25) is 5.02 Å². The van der Waals surface area contributed by atoms with Crippen molar-refractivity contribution in [2.24, 2.45) is 5.84 Å². The SMILES string of the molecule is CCC(C)SCC(NN)c1c(Cl)cnn1CCN(C)C. The summed E-state index contributed by atoms with van der Waals surface area (Å²) in [6.45, 7) is 6.14. The average molecular weight is 320 g/mol. The molecule has 0 aromatic carbocycles. The van der Waals surface area contributed by atoms with Gasteiger partial charge in [0.05, 0.1) is 29.5 Å². The molecule has 1 aromatic heterocycles. The molecule has 0 radical (unpaired) electrons. The Hall–Kier alpha value is -0.270. The van der Waals surface area contributed by atoms with E-state index < -0.39 is 0 Å². The van der Waals surface area contributed by atoms with Gasteiger partial charge in [-0.1, -0.05) is 25.4 Å². The Bertz CT molecular complexity index is 396. The van der Waals surface area contributed by atoms with Crippen molar-refractivity contribution < 1.29 is 0 Å². The van der Waals surface area contributed by atoms with Gasteiger partial charge in [0.2, 0.25) is 0 Å². The molecular formula is C13H26ClN5S. The van der Waals surface area contributed by atoms with Crippen molar-refractivity contribution in [3.8, 4) is 0 Å². The van der Waals surface area contributed by atoms with E-state index in [-0.39, 0.29) is 6.04 Å². The molecule has 1 aromatic rings. The highest BCUT2D eigenvalue weighted by Gasteiger charge is 2.20. The summed E-state index contributed by atoms with van der Waals surface area (Å²) in [5.41, 5.74) is 3.85. The average Bonchev–Trinajstić information content (AvgIpc) is 2.78. The van der Waals surface area contributed by atoms with Crippen LogP contribution < -0.4 is 11.3 Å². The first-order valence-electron chi connectivity index (χ1n) is 6.93. The Morgan fingerprint density at radius 2 is 2.25 bits per heavy atom. The first kappa shape index (κ1) is 17.8. The second-order valence-electron chi connectivity index (χ2n) is 5.18. The van der Waals surface area contributed by atoms with Crippen LogP contribution in [0.4, 0.5) is 0 Å². The molecule has 3 N–H and O–H groups in total. The molecule has 7 heteroatoms. The molecule has 0 aliphatic rings. The smallest absolute Gasteiger partial charge is 0.0834 e. The molecule has 0 bridgehead atoms. The summed E-state index contributed by atoms with van der Waals surface area (Å²) in [5, 5.41) is 5.65. The van der Waals surface area contributed by atoms with Crippen LogP contribution in [0, 0.1) is 0 Å². The lowest BCUT2D eigenvalue weighted by atomic mass is 10.2. The molecule has 2 atom stereocenters. The molecule has 1 rings (SSSR count). The third-order valence-electron chi connectivity index (χ3n) is 3.25. The molecule has 0 aliphatic carbocycles. The van der Waals surface area contributed by atoms with Crippen LogP contribution in [0.1, 0.15) is 32.0 Å². The Morgan fingerprint density at radius 3 is 2.80 bits per heavy atom. The van der Waals surface area contributed by atoms with Crippen LogP contribution in [0.15, 0.2) is 6.20 Å². The number of halogens is 1. The first-order valence-corrected chi connectivity index (χ1v) is 8.35. The highest BCUT2D eigenvalue weighted by molar-refractivity contribution is 7.99. The van der Waals surface area contributed by atoms with Gasteiger partial charge in [0.1, 0.15) is 0 Å². The minimum atomic E-state index is 0.0196. The zero-order valence-electron chi connectivity index (χ0n) is 12.8. The van der Waals surface area contributed by atoms with Crippen LogP contribution in [0.3, 0.4) is 0 Å². The topological polar surface area (TPSA) is 59.1 Å². The number of nitrogens with two attached hydrogens (primary N) is 1. The van der Waals surface area contributed by atoms with E-state index in [9.17, 15) is 0 Å². The normalized spacial score (nSPS) is 14.8. The molecule has 0 spiro atoms. The summed E-state index contributed by atoms with van der Waals surface area (Å²) in [6.07, 6.45) is 2.85. The number of hydrogen-bond donors (Lipinski definition) is 2. The minimum absolute atomic E-state index is 0.0196. The van der Waals surface area contributed by atoms with Crippen molar-refractivity contribution in [3.63, 3.8) is 0 Å². The van der Waals surface area contributed by atoms with Gasteiger partial charge in [-0.05, 0) is 20.5 Å². The predicted molar refractivity (Wildman–Crippen MR) is 88.1 cm³/mol. The van der Waals surface area contributed by atoms with Gasteiger partial charge in [-0.25, -0.2) is 0 Å². The monoisotopic (exact) mass is 319 g/mol. The van der Waals surface area contributed by atoms with Crippen molar-refractivity contribution in [2.75, 3.05) is 26.4 Å². The highest BCUT2D eigenvalue weighted by Crippen LogP contribution is 2.27. The predicted octanol–water partition coefficient (Wildman–Crippen LogP) is 2.13. The zero-order valence-corrected chi connectivity index (χ0v) is 14.3. The fourth-order valence-electron chi connectivity index (χ4n) is 1.78. The highest BCUT2D eigenvalue weighted by atomic mass is 35.5. The van der Waals surface area contributed by atoms with E-state index in [0.29, 0.717) is 10.3 Å². The number of thioether (sulfide) groups is 1. The molecule has 2 unspecified atom stereocenters. The maximum Gasteiger partial charge on any atom is 0.0834 e. The summed E-state index contributed by atoms with van der Waals surface area (Å²) in [6, 6.07) is 0.0196. The van der Waals surface area contributed by atoms with Crippen LogP contribution >= 0.6 is 23.4 Å². The van der Waals surface area contributed by atoms with Crippen molar-refractivity contribution in [1.29, 1.82) is 0 Å². The Balaban J connectivity index is 2.77. The summed E-state index contributed by atoms with van der Waals surface area (Å²) in [7, 11) is 4.09. The standard InChI is InChI=1S/C13H26ClN5S/c1-5-10(2)20-9-12(17-15)13-11(14)8-16-19(13)7-6-18(3)4/h8,10,12,17H,5-7,9,15H2,1-4H3. The Kier molecular flexibility index (Phi) is 7.91. The molecule has 0 amide bonds. The lowest BCUT2D eigenvalue weighted by Crippen LogP contribution is -2.33. The van der Waals surface area contributed by atoms with Crippen LogP contribution in [0.25, 0.3) is 0 Å². The van der Waals surface area contributed by atoms with E-state index in [2.05, 4.69) is 29.3 Å². The second-order valence-corrected chi connectivity index (χ2v) is 7.05. The summed E-state index contributed by atoms with van der Waals surface area (Å²) < 4.78 is 1.95. The summed E-state index contributed by atoms with van der Waals surface area (Å²) in [4.78, 5) is 2.12. The number of hydrogen-bond acceptors (Lipinski definition) is 5. The van der Waals surface area contributed by atoms with Crippen molar-refractivity contribution in [2.45, 2.75) is 38.1 Å². The minimum Gasteiger partial charge on any atom is -0.308 e. The van der Waals surface area contributed by atoms with E-state index >= 15 is 0 Å². The molecule has 1 heterocycles. The fraction of sp³-hybridized carbons (Fsp3) is 0.769. The molecule has 0 aliphatic heterocycles. The van der Waals surface area contributed by atoms with Gasteiger partial charge in [-0.2, -0.15) is 16.9 Å². The molecule has 0 fully saturated rings. The first-order chi connectivity index (χ1) is 9.49. The molecule has 5 nitrogen and oxygen atoms in total. The van der Waals surface area contributed by atoms with Gasteiger partial charge < -0.3 is 4.90 Å². The molecule has 0 saturated carbocycles. The lowest BCUT2D eigenvalue weighted by Gasteiger charge is -2.20. The number of likely N-dealkylation sites (N-methyl/N-ethyl adjacent to an activating group) is 1. The number of hydrazine groups is 1. The van der Waals surface area contributed by atoms with Crippen molar-refractivity contribution in [1.82, 2.24) is 20.1 Å². The number of nitrogens with zero attached hydrogens (tertiary/aromatic N) is 3. The van der Waals surface area contributed by atoms with E-state index in [1.165, 1.54) is 0 Å². The molecular weight excluding hydrogens is 294 g/mol. The van der Waals surface area contributed by atoms with Crippen LogP contribution in [0.5, 0.6) is 0 Å². The van der Waals surface area contributed by atoms with Gasteiger partial charge in [-0.3, -0.25) is 16.0 Å². The Morgan fingerprint density at radius 1 is 1.55 bits per heavy atom. The molecule has 0 saturated heterocycles. The van der Waals surface area contributed by atoms with E-state index in [0.717, 1.165) is 31.0 Å². The van der Waals surface area contributed by atoms with E-state index in [1.807, 2.05) is 30.5 Å². The van der Waals surface area contributed by atoms with Gasteiger partial charge in [-0.15, -0.1) is 0 Å². The molecule has 20 heavy (non-hydrogen) atoms. The third-order valence-corrected chi connectivity index (χ3v) is 4.97. The largest absolute Gasteiger partial charge is 0.308 e. The maximum atomic E-state index is 6.28. The number of aromatic nitrogens is 2. The van der Waals surface area contributed by atoms with Gasteiger partial charge >= 0.3 is 0 Å². The number of rotatable bonds is 9. The van der Waals surface area contributed by atoms with Gasteiger partial charge in [0, 0.05) is 17.5 Å². The van der Waals surface area contributed by atoms with Crippen LogP contribution in [-0.4, -0.2) is 46.3 Å². The summed E-state index contributed by atoms with van der Waals surface area (Å²) in [5.74, 6) is 6.60. The summed E-state index contributed by atoms with van der Waals surface area (Å²) >= 11 is 8.18. The zero-order chi connectivity index (χ0) is 15.1. The lowest BCUT2D eigenvalue weighted by molar-refractivity contribution is 0.364. The van der Waals surface area contributed by atoms with Crippen molar-refractivity contribution >= 4 is 23.4 Å². The maximum absolute atomic E-state index is 6.28.